The van der Waals surface area contributed by atoms with E-state index >= 15 is 0 Å². The molecule has 1 rings (SSSR count). The van der Waals surface area contributed by atoms with E-state index in [2.05, 4.69) is 10.2 Å². The van der Waals surface area contributed by atoms with Gasteiger partial charge in [-0.05, 0) is 40.8 Å². The summed E-state index contributed by atoms with van der Waals surface area (Å²) in [4.78, 5) is 38.8. The van der Waals surface area contributed by atoms with E-state index in [4.69, 9.17) is 5.11 Å². The van der Waals surface area contributed by atoms with Crippen LogP contribution >= 0.6 is 0 Å². The van der Waals surface area contributed by atoms with Gasteiger partial charge in [0.15, 0.2) is 0 Å². The molecule has 0 radical (unpaired) electrons. The Morgan fingerprint density at radius 3 is 2.48 bits per heavy atom. The third-order valence-corrected chi connectivity index (χ3v) is 3.74. The fourth-order valence-electron chi connectivity index (χ4n) is 2.39. The number of rotatable bonds is 3. The minimum absolute atomic E-state index is 0.0118. The van der Waals surface area contributed by atoms with Crippen LogP contribution in [0.1, 0.15) is 33.6 Å². The second-order valence-corrected chi connectivity index (χ2v) is 6.38. The van der Waals surface area contributed by atoms with Gasteiger partial charge in [-0.3, -0.25) is 14.9 Å². The average molecular weight is 299 g/mol. The van der Waals surface area contributed by atoms with Gasteiger partial charge in [-0.1, -0.05) is 0 Å². The number of nitrogens with zero attached hydrogens (tertiary/aromatic N) is 2. The highest BCUT2D eigenvalue weighted by atomic mass is 16.4. The van der Waals surface area contributed by atoms with Crippen LogP contribution in [0.5, 0.6) is 0 Å². The molecule has 2 N–H and O–H groups in total. The summed E-state index contributed by atoms with van der Waals surface area (Å²) in [5.41, 5.74) is -1.19. The van der Waals surface area contributed by atoms with Gasteiger partial charge in [-0.15, -0.1) is 0 Å². The topological polar surface area (TPSA) is 90.0 Å². The van der Waals surface area contributed by atoms with Gasteiger partial charge in [-0.25, -0.2) is 4.79 Å². The molecule has 7 heteroatoms. The number of carboxylic acids is 1. The van der Waals surface area contributed by atoms with Crippen LogP contribution in [0.25, 0.3) is 0 Å². The first-order valence-corrected chi connectivity index (χ1v) is 7.16. The molecule has 3 amide bonds. The van der Waals surface area contributed by atoms with E-state index in [1.165, 1.54) is 13.8 Å². The summed E-state index contributed by atoms with van der Waals surface area (Å²) >= 11 is 0. The van der Waals surface area contributed by atoms with E-state index in [0.29, 0.717) is 6.54 Å². The lowest BCUT2D eigenvalue weighted by Gasteiger charge is -2.28. The van der Waals surface area contributed by atoms with Crippen LogP contribution in [0, 0.1) is 5.41 Å². The summed E-state index contributed by atoms with van der Waals surface area (Å²) in [5.74, 6) is -1.62. The highest BCUT2D eigenvalue weighted by Gasteiger charge is 2.32. The standard InChI is InChI=1S/C14H25N3O4/c1-10-9-16(4)6-5-7-17(10)13(21)15-11(18)8-14(2,3)12(19)20/h10H,5-9H2,1-4H3,(H,19,20)(H,15,18,21). The minimum atomic E-state index is -1.19. The first-order chi connectivity index (χ1) is 9.63. The molecule has 1 fully saturated rings. The van der Waals surface area contributed by atoms with Crippen molar-refractivity contribution in [2.45, 2.75) is 39.7 Å². The summed E-state index contributed by atoms with van der Waals surface area (Å²) < 4.78 is 0. The van der Waals surface area contributed by atoms with E-state index in [-0.39, 0.29) is 12.5 Å². The van der Waals surface area contributed by atoms with Crippen molar-refractivity contribution >= 4 is 17.9 Å². The summed E-state index contributed by atoms with van der Waals surface area (Å²) in [6.45, 7) is 7.11. The number of imide groups is 1. The smallest absolute Gasteiger partial charge is 0.324 e. The zero-order valence-electron chi connectivity index (χ0n) is 13.2. The SMILES string of the molecule is CC1CN(C)CCCN1C(=O)NC(=O)CC(C)(C)C(=O)O. The van der Waals surface area contributed by atoms with Crippen LogP contribution in [0.15, 0.2) is 0 Å². The Labute approximate surface area is 125 Å². The lowest BCUT2D eigenvalue weighted by atomic mass is 9.89. The van der Waals surface area contributed by atoms with Gasteiger partial charge in [0.2, 0.25) is 5.91 Å². The number of urea groups is 1. The highest BCUT2D eigenvalue weighted by Crippen LogP contribution is 2.20. The molecule has 0 spiro atoms. The predicted octanol–water partition coefficient (Wildman–Crippen LogP) is 0.750. The number of hydrogen-bond acceptors (Lipinski definition) is 4. The zero-order chi connectivity index (χ0) is 16.2. The minimum Gasteiger partial charge on any atom is -0.481 e. The lowest BCUT2D eigenvalue weighted by Crippen LogP contribution is -2.49. The summed E-state index contributed by atoms with van der Waals surface area (Å²) in [7, 11) is 2.00. The maximum atomic E-state index is 12.2. The largest absolute Gasteiger partial charge is 0.481 e. The number of hydrogen-bond donors (Lipinski definition) is 2. The molecule has 0 aromatic heterocycles. The number of carboxylic acid groups (broad SMARTS) is 1. The normalized spacial score (nSPS) is 20.8. The number of likely N-dealkylation sites (N-methyl/N-ethyl adjacent to an activating group) is 1. The molecule has 21 heavy (non-hydrogen) atoms. The number of carbonyl (C=O) groups is 3. The molecule has 0 aromatic carbocycles. The summed E-state index contributed by atoms with van der Waals surface area (Å²) in [5, 5.41) is 11.3. The Balaban J connectivity index is 2.59. The Bertz CT molecular complexity index is 422. The van der Waals surface area contributed by atoms with Gasteiger partial charge in [0.05, 0.1) is 5.41 Å². The first kappa shape index (κ1) is 17.4. The Morgan fingerprint density at radius 1 is 1.29 bits per heavy atom. The highest BCUT2D eigenvalue weighted by molar-refractivity contribution is 5.96. The third kappa shape index (κ3) is 5.00. The van der Waals surface area contributed by atoms with Gasteiger partial charge < -0.3 is 14.9 Å². The van der Waals surface area contributed by atoms with Crippen molar-refractivity contribution in [3.63, 3.8) is 0 Å². The molecule has 7 nitrogen and oxygen atoms in total. The summed E-state index contributed by atoms with van der Waals surface area (Å²) in [6.07, 6.45) is 0.624. The van der Waals surface area contributed by atoms with Gasteiger partial charge >= 0.3 is 12.0 Å². The lowest BCUT2D eigenvalue weighted by molar-refractivity contribution is -0.149. The molecule has 1 heterocycles. The first-order valence-electron chi connectivity index (χ1n) is 7.16. The van der Waals surface area contributed by atoms with Crippen LogP contribution in [0.3, 0.4) is 0 Å². The molecule has 1 saturated heterocycles. The third-order valence-electron chi connectivity index (χ3n) is 3.74. The number of nitrogens with one attached hydrogen (secondary N) is 1. The Kier molecular flexibility index (Phi) is 5.71. The molecule has 1 aliphatic heterocycles. The predicted molar refractivity (Wildman–Crippen MR) is 77.9 cm³/mol. The molecule has 1 atom stereocenters. The maximum Gasteiger partial charge on any atom is 0.324 e. The van der Waals surface area contributed by atoms with E-state index in [1.54, 1.807) is 4.90 Å². The molecular formula is C14H25N3O4. The second-order valence-electron chi connectivity index (χ2n) is 6.38. The van der Waals surface area contributed by atoms with E-state index < -0.39 is 23.3 Å². The molecule has 0 bridgehead atoms. The number of amides is 3. The van der Waals surface area contributed by atoms with Crippen LogP contribution in [0.4, 0.5) is 4.79 Å². The Morgan fingerprint density at radius 2 is 1.90 bits per heavy atom. The molecule has 0 aliphatic carbocycles. The van der Waals surface area contributed by atoms with Crippen molar-refractivity contribution in [2.24, 2.45) is 5.41 Å². The summed E-state index contributed by atoms with van der Waals surface area (Å²) in [6, 6.07) is -0.429. The second kappa shape index (κ2) is 6.89. The van der Waals surface area contributed by atoms with Crippen LogP contribution in [-0.2, 0) is 9.59 Å². The van der Waals surface area contributed by atoms with Gasteiger partial charge in [0.1, 0.15) is 0 Å². The van der Waals surface area contributed by atoms with Crippen LogP contribution in [0.2, 0.25) is 0 Å². The van der Waals surface area contributed by atoms with Crippen molar-refractivity contribution in [3.8, 4) is 0 Å². The fourth-order valence-corrected chi connectivity index (χ4v) is 2.39. The van der Waals surface area contributed by atoms with E-state index in [1.807, 2.05) is 14.0 Å². The molecule has 0 aromatic rings. The molecule has 120 valence electrons. The van der Waals surface area contributed by atoms with E-state index in [0.717, 1.165) is 19.5 Å². The van der Waals surface area contributed by atoms with E-state index in [9.17, 15) is 14.4 Å². The zero-order valence-corrected chi connectivity index (χ0v) is 13.2. The molecule has 1 aliphatic rings. The van der Waals surface area contributed by atoms with Crippen molar-refractivity contribution in [1.82, 2.24) is 15.1 Å². The maximum absolute atomic E-state index is 12.2. The quantitative estimate of drug-likeness (QED) is 0.802. The number of carbonyl (C=O) groups excluding carboxylic acids is 2. The van der Waals surface area contributed by atoms with Crippen molar-refractivity contribution < 1.29 is 19.5 Å². The molecule has 0 saturated carbocycles. The number of aliphatic carboxylic acids is 1. The Hall–Kier alpha value is -1.63. The molecular weight excluding hydrogens is 274 g/mol. The van der Waals surface area contributed by atoms with Crippen LogP contribution < -0.4 is 5.32 Å². The van der Waals surface area contributed by atoms with Crippen molar-refractivity contribution in [2.75, 3.05) is 26.7 Å². The monoisotopic (exact) mass is 299 g/mol. The van der Waals surface area contributed by atoms with Gasteiger partial charge in [0, 0.05) is 25.6 Å². The van der Waals surface area contributed by atoms with Crippen molar-refractivity contribution in [1.29, 1.82) is 0 Å². The van der Waals surface area contributed by atoms with Gasteiger partial charge in [-0.2, -0.15) is 0 Å². The van der Waals surface area contributed by atoms with Crippen LogP contribution in [-0.4, -0.2) is 65.5 Å². The molecule has 1 unspecified atom stereocenters. The fraction of sp³-hybridized carbons (Fsp3) is 0.786. The van der Waals surface area contributed by atoms with Crippen molar-refractivity contribution in [3.05, 3.63) is 0 Å². The van der Waals surface area contributed by atoms with Gasteiger partial charge in [0.25, 0.3) is 0 Å². The average Bonchev–Trinajstić information content (AvgIpc) is 2.48.